The van der Waals surface area contributed by atoms with Crippen LogP contribution in [0.15, 0.2) is 36.4 Å². The Bertz CT molecular complexity index is 707. The van der Waals surface area contributed by atoms with E-state index in [0.29, 0.717) is 12.3 Å². The van der Waals surface area contributed by atoms with E-state index in [1.165, 1.54) is 0 Å². The van der Waals surface area contributed by atoms with Crippen molar-refractivity contribution in [3.8, 4) is 17.2 Å². The van der Waals surface area contributed by atoms with Gasteiger partial charge in [-0.1, -0.05) is 24.3 Å². The van der Waals surface area contributed by atoms with Gasteiger partial charge in [0.1, 0.15) is 5.75 Å². The number of benzene rings is 2. The number of ether oxygens (including phenoxy) is 3. The van der Waals surface area contributed by atoms with Gasteiger partial charge in [-0.2, -0.15) is 0 Å². The molecule has 1 aliphatic rings. The van der Waals surface area contributed by atoms with Crippen LogP contribution in [0.1, 0.15) is 16.7 Å². The number of carbonyl (C=O) groups is 1. The Kier molecular flexibility index (Phi) is 4.37. The zero-order chi connectivity index (χ0) is 16.2. The lowest BCUT2D eigenvalue weighted by Gasteiger charge is -2.12. The Morgan fingerprint density at radius 3 is 2.65 bits per heavy atom. The lowest BCUT2D eigenvalue weighted by molar-refractivity contribution is -0.123. The van der Waals surface area contributed by atoms with Crippen LogP contribution in [0.2, 0.25) is 0 Å². The van der Waals surface area contributed by atoms with Crippen molar-refractivity contribution in [2.24, 2.45) is 0 Å². The number of amides is 1. The van der Waals surface area contributed by atoms with Crippen molar-refractivity contribution in [3.05, 3.63) is 53.1 Å². The average Bonchev–Trinajstić information content (AvgIpc) is 3.00. The van der Waals surface area contributed by atoms with Crippen LogP contribution in [0, 0.1) is 13.8 Å². The van der Waals surface area contributed by atoms with Crippen molar-refractivity contribution in [1.29, 1.82) is 0 Å². The molecular formula is C18H19NO4. The standard InChI is InChI=1S/C18H19NO4/c1-12-4-3-5-13(2)18(12)21-10-17(20)19-9-14-6-7-15-16(8-14)23-11-22-15/h3-8H,9-11H2,1-2H3,(H,19,20). The highest BCUT2D eigenvalue weighted by molar-refractivity contribution is 5.77. The molecule has 2 aromatic carbocycles. The minimum absolute atomic E-state index is 0.00373. The predicted octanol–water partition coefficient (Wildman–Crippen LogP) is 2.73. The Morgan fingerprint density at radius 2 is 1.87 bits per heavy atom. The summed E-state index contributed by atoms with van der Waals surface area (Å²) in [6.07, 6.45) is 0. The normalized spacial score (nSPS) is 12.1. The minimum atomic E-state index is -0.162. The Hall–Kier alpha value is -2.69. The summed E-state index contributed by atoms with van der Waals surface area (Å²) < 4.78 is 16.2. The maximum Gasteiger partial charge on any atom is 0.258 e. The number of hydrogen-bond acceptors (Lipinski definition) is 4. The topological polar surface area (TPSA) is 56.8 Å². The van der Waals surface area contributed by atoms with Gasteiger partial charge in [-0.15, -0.1) is 0 Å². The Balaban J connectivity index is 1.52. The number of hydrogen-bond donors (Lipinski definition) is 1. The molecule has 0 unspecified atom stereocenters. The summed E-state index contributed by atoms with van der Waals surface area (Å²) in [5.74, 6) is 2.05. The average molecular weight is 313 g/mol. The molecule has 23 heavy (non-hydrogen) atoms. The zero-order valence-corrected chi connectivity index (χ0v) is 13.2. The number of para-hydroxylation sites is 1. The number of fused-ring (bicyclic) bond motifs is 1. The maximum absolute atomic E-state index is 12.0. The summed E-state index contributed by atoms with van der Waals surface area (Å²) in [5, 5.41) is 2.84. The fourth-order valence-corrected chi connectivity index (χ4v) is 2.47. The molecule has 2 aromatic rings. The Morgan fingerprint density at radius 1 is 1.13 bits per heavy atom. The third kappa shape index (κ3) is 3.56. The second-order valence-corrected chi connectivity index (χ2v) is 5.47. The molecule has 0 aliphatic carbocycles. The zero-order valence-electron chi connectivity index (χ0n) is 13.2. The monoisotopic (exact) mass is 313 g/mol. The molecule has 0 spiro atoms. The molecule has 5 nitrogen and oxygen atoms in total. The molecule has 1 N–H and O–H groups in total. The molecule has 1 amide bonds. The lowest BCUT2D eigenvalue weighted by Crippen LogP contribution is -2.28. The quantitative estimate of drug-likeness (QED) is 0.922. The highest BCUT2D eigenvalue weighted by atomic mass is 16.7. The number of rotatable bonds is 5. The highest BCUT2D eigenvalue weighted by Crippen LogP contribution is 2.32. The van der Waals surface area contributed by atoms with Gasteiger partial charge in [-0.25, -0.2) is 0 Å². The first-order valence-electron chi connectivity index (χ1n) is 7.48. The van der Waals surface area contributed by atoms with E-state index in [1.807, 2.05) is 50.2 Å². The minimum Gasteiger partial charge on any atom is -0.483 e. The SMILES string of the molecule is Cc1cccc(C)c1OCC(=O)NCc1ccc2c(c1)OCO2. The van der Waals surface area contributed by atoms with E-state index in [9.17, 15) is 4.79 Å². The molecule has 3 rings (SSSR count). The second kappa shape index (κ2) is 6.60. The number of nitrogens with one attached hydrogen (secondary N) is 1. The first kappa shape index (κ1) is 15.2. The molecule has 120 valence electrons. The Labute approximate surface area is 135 Å². The van der Waals surface area contributed by atoms with E-state index >= 15 is 0 Å². The van der Waals surface area contributed by atoms with Crippen molar-refractivity contribution in [3.63, 3.8) is 0 Å². The van der Waals surface area contributed by atoms with E-state index in [2.05, 4.69) is 5.32 Å². The molecule has 0 aromatic heterocycles. The van der Waals surface area contributed by atoms with Gasteiger partial charge in [0.2, 0.25) is 6.79 Å². The van der Waals surface area contributed by atoms with Crippen LogP contribution in [0.25, 0.3) is 0 Å². The summed E-state index contributed by atoms with van der Waals surface area (Å²) in [7, 11) is 0. The first-order valence-corrected chi connectivity index (χ1v) is 7.48. The molecule has 0 fully saturated rings. The van der Waals surface area contributed by atoms with Crippen molar-refractivity contribution in [1.82, 2.24) is 5.32 Å². The summed E-state index contributed by atoms with van der Waals surface area (Å²) in [5.41, 5.74) is 3.00. The van der Waals surface area contributed by atoms with E-state index in [4.69, 9.17) is 14.2 Å². The van der Waals surface area contributed by atoms with Crippen LogP contribution >= 0.6 is 0 Å². The van der Waals surface area contributed by atoms with Crippen molar-refractivity contribution in [2.75, 3.05) is 13.4 Å². The van der Waals surface area contributed by atoms with Crippen LogP contribution < -0.4 is 19.5 Å². The molecule has 5 heteroatoms. The molecule has 0 radical (unpaired) electrons. The van der Waals surface area contributed by atoms with E-state index < -0.39 is 0 Å². The third-order valence-electron chi connectivity index (χ3n) is 3.68. The second-order valence-electron chi connectivity index (χ2n) is 5.47. The molecule has 1 heterocycles. The van der Waals surface area contributed by atoms with Gasteiger partial charge in [-0.05, 0) is 42.7 Å². The summed E-state index contributed by atoms with van der Waals surface area (Å²) >= 11 is 0. The van der Waals surface area contributed by atoms with Gasteiger partial charge in [0.05, 0.1) is 0 Å². The highest BCUT2D eigenvalue weighted by Gasteiger charge is 2.13. The molecular weight excluding hydrogens is 294 g/mol. The summed E-state index contributed by atoms with van der Waals surface area (Å²) in [4.78, 5) is 12.0. The number of carbonyl (C=O) groups excluding carboxylic acids is 1. The summed E-state index contributed by atoms with van der Waals surface area (Å²) in [6.45, 7) is 4.59. The fraction of sp³-hybridized carbons (Fsp3) is 0.278. The first-order chi connectivity index (χ1) is 11.1. The van der Waals surface area contributed by atoms with Gasteiger partial charge in [0, 0.05) is 6.54 Å². The molecule has 0 atom stereocenters. The van der Waals surface area contributed by atoms with Crippen LogP contribution in [-0.4, -0.2) is 19.3 Å². The van der Waals surface area contributed by atoms with Crippen LogP contribution in [0.3, 0.4) is 0 Å². The third-order valence-corrected chi connectivity index (χ3v) is 3.68. The van der Waals surface area contributed by atoms with E-state index in [-0.39, 0.29) is 19.3 Å². The van der Waals surface area contributed by atoms with Gasteiger partial charge in [0.25, 0.3) is 5.91 Å². The van der Waals surface area contributed by atoms with Crippen LogP contribution in [0.5, 0.6) is 17.2 Å². The van der Waals surface area contributed by atoms with Crippen molar-refractivity contribution in [2.45, 2.75) is 20.4 Å². The van der Waals surface area contributed by atoms with E-state index in [1.54, 1.807) is 0 Å². The molecule has 0 bridgehead atoms. The molecule has 1 aliphatic heterocycles. The molecule has 0 saturated heterocycles. The van der Waals surface area contributed by atoms with Crippen molar-refractivity contribution >= 4 is 5.91 Å². The van der Waals surface area contributed by atoms with Gasteiger partial charge in [-0.3, -0.25) is 4.79 Å². The number of aryl methyl sites for hydroxylation is 2. The molecule has 0 saturated carbocycles. The van der Waals surface area contributed by atoms with Crippen LogP contribution in [0.4, 0.5) is 0 Å². The largest absolute Gasteiger partial charge is 0.483 e. The fourth-order valence-electron chi connectivity index (χ4n) is 2.47. The van der Waals surface area contributed by atoms with E-state index in [0.717, 1.165) is 28.2 Å². The van der Waals surface area contributed by atoms with Gasteiger partial charge >= 0.3 is 0 Å². The predicted molar refractivity (Wildman–Crippen MR) is 85.8 cm³/mol. The van der Waals surface area contributed by atoms with Gasteiger partial charge < -0.3 is 19.5 Å². The lowest BCUT2D eigenvalue weighted by atomic mass is 10.1. The van der Waals surface area contributed by atoms with Crippen molar-refractivity contribution < 1.29 is 19.0 Å². The van der Waals surface area contributed by atoms with Gasteiger partial charge in [0.15, 0.2) is 18.1 Å². The summed E-state index contributed by atoms with van der Waals surface area (Å²) in [6, 6.07) is 11.5. The van der Waals surface area contributed by atoms with Crippen LogP contribution in [-0.2, 0) is 11.3 Å². The smallest absolute Gasteiger partial charge is 0.258 e. The maximum atomic E-state index is 12.0.